The number of amides is 1. The van der Waals surface area contributed by atoms with Gasteiger partial charge in [0.1, 0.15) is 5.75 Å². The van der Waals surface area contributed by atoms with Gasteiger partial charge in [0.25, 0.3) is 0 Å². The first-order chi connectivity index (χ1) is 11.6. The molecule has 0 heterocycles. The number of benzene rings is 2. The van der Waals surface area contributed by atoms with Gasteiger partial charge in [0.15, 0.2) is 0 Å². The lowest BCUT2D eigenvalue weighted by Crippen LogP contribution is -2.25. The smallest absolute Gasteiger partial charge is 0.220 e. The molecule has 2 rings (SSSR count). The summed E-state index contributed by atoms with van der Waals surface area (Å²) in [6.07, 6.45) is 1.20. The van der Waals surface area contributed by atoms with Gasteiger partial charge in [-0.25, -0.2) is 0 Å². The molecule has 0 fully saturated rings. The Balaban J connectivity index is 1.52. The lowest BCUT2D eigenvalue weighted by Gasteiger charge is -2.07. The molecule has 0 aliphatic rings. The van der Waals surface area contributed by atoms with Crippen molar-refractivity contribution < 1.29 is 9.53 Å². The zero-order valence-corrected chi connectivity index (χ0v) is 15.3. The Bertz CT molecular complexity index is 573. The first-order valence-corrected chi connectivity index (χ1v) is 9.34. The van der Waals surface area contributed by atoms with Crippen LogP contribution in [0.1, 0.15) is 18.4 Å². The number of hydrogen-bond acceptors (Lipinski definition) is 3. The van der Waals surface area contributed by atoms with Crippen molar-refractivity contribution in [2.75, 3.05) is 18.9 Å². The summed E-state index contributed by atoms with van der Waals surface area (Å²) in [4.78, 5) is 12.9. The first-order valence-electron chi connectivity index (χ1n) is 7.98. The van der Waals surface area contributed by atoms with Crippen molar-refractivity contribution >= 4 is 29.3 Å². The van der Waals surface area contributed by atoms with E-state index in [9.17, 15) is 4.79 Å². The monoisotopic (exact) mass is 363 g/mol. The van der Waals surface area contributed by atoms with E-state index in [1.807, 2.05) is 55.5 Å². The fourth-order valence-corrected chi connectivity index (χ4v) is 2.93. The van der Waals surface area contributed by atoms with Gasteiger partial charge < -0.3 is 10.1 Å². The van der Waals surface area contributed by atoms with E-state index >= 15 is 0 Å². The summed E-state index contributed by atoms with van der Waals surface area (Å²) in [5.74, 6) is 1.76. The third-order valence-corrected chi connectivity index (χ3v) is 4.61. The third-order valence-electron chi connectivity index (χ3n) is 3.34. The summed E-state index contributed by atoms with van der Waals surface area (Å²) in [5, 5.41) is 3.67. The summed E-state index contributed by atoms with van der Waals surface area (Å²) >= 11 is 7.54. The van der Waals surface area contributed by atoms with E-state index in [2.05, 4.69) is 5.32 Å². The SMILES string of the molecule is Cc1ccc(OCCCC(=O)NCCSc2ccc(Cl)cc2)cc1. The van der Waals surface area contributed by atoms with Crippen LogP contribution < -0.4 is 10.1 Å². The maximum Gasteiger partial charge on any atom is 0.220 e. The zero-order valence-electron chi connectivity index (χ0n) is 13.8. The van der Waals surface area contributed by atoms with Gasteiger partial charge in [-0.05, 0) is 49.7 Å². The van der Waals surface area contributed by atoms with Crippen LogP contribution in [0.25, 0.3) is 0 Å². The van der Waals surface area contributed by atoms with Gasteiger partial charge in [-0.2, -0.15) is 0 Å². The van der Waals surface area contributed by atoms with Crippen LogP contribution >= 0.6 is 23.4 Å². The van der Waals surface area contributed by atoms with Crippen molar-refractivity contribution in [2.45, 2.75) is 24.7 Å². The van der Waals surface area contributed by atoms with E-state index in [0.29, 0.717) is 26.0 Å². The van der Waals surface area contributed by atoms with Crippen LogP contribution in [0.5, 0.6) is 5.75 Å². The second kappa shape index (κ2) is 10.3. The second-order valence-electron chi connectivity index (χ2n) is 5.42. The molecule has 0 saturated carbocycles. The average molecular weight is 364 g/mol. The van der Waals surface area contributed by atoms with Crippen LogP contribution in [0.4, 0.5) is 0 Å². The Morgan fingerprint density at radius 2 is 1.83 bits per heavy atom. The topological polar surface area (TPSA) is 38.3 Å². The van der Waals surface area contributed by atoms with Gasteiger partial charge in [0.05, 0.1) is 6.61 Å². The predicted octanol–water partition coefficient (Wildman–Crippen LogP) is 4.72. The van der Waals surface area contributed by atoms with Gasteiger partial charge in [0.2, 0.25) is 5.91 Å². The molecule has 0 radical (unpaired) electrons. The molecule has 3 nitrogen and oxygen atoms in total. The maximum atomic E-state index is 11.8. The molecule has 0 aliphatic heterocycles. The Hall–Kier alpha value is -1.65. The minimum atomic E-state index is 0.0687. The number of thioether (sulfide) groups is 1. The molecular formula is C19H22ClNO2S. The van der Waals surface area contributed by atoms with Crippen LogP contribution in [-0.4, -0.2) is 24.8 Å². The Morgan fingerprint density at radius 1 is 1.12 bits per heavy atom. The number of carbonyl (C=O) groups excluding carboxylic acids is 1. The summed E-state index contributed by atoms with van der Waals surface area (Å²) in [6, 6.07) is 15.6. The van der Waals surface area contributed by atoms with E-state index in [1.165, 1.54) is 5.56 Å². The molecule has 0 atom stereocenters. The largest absolute Gasteiger partial charge is 0.494 e. The molecule has 128 valence electrons. The van der Waals surface area contributed by atoms with E-state index in [1.54, 1.807) is 11.8 Å². The normalized spacial score (nSPS) is 10.4. The van der Waals surface area contributed by atoms with Gasteiger partial charge in [-0.15, -0.1) is 11.8 Å². The van der Waals surface area contributed by atoms with E-state index in [0.717, 1.165) is 21.4 Å². The van der Waals surface area contributed by atoms with Gasteiger partial charge in [0, 0.05) is 28.6 Å². The molecule has 1 amide bonds. The number of hydrogen-bond donors (Lipinski definition) is 1. The van der Waals surface area contributed by atoms with Crippen LogP contribution in [0.15, 0.2) is 53.4 Å². The Labute approximate surface area is 152 Å². The number of halogens is 1. The van der Waals surface area contributed by atoms with Crippen molar-refractivity contribution in [2.24, 2.45) is 0 Å². The van der Waals surface area contributed by atoms with Crippen LogP contribution in [0, 0.1) is 6.92 Å². The lowest BCUT2D eigenvalue weighted by atomic mass is 10.2. The number of ether oxygens (including phenoxy) is 1. The van der Waals surface area contributed by atoms with Gasteiger partial charge >= 0.3 is 0 Å². The van der Waals surface area contributed by atoms with Gasteiger partial charge in [-0.3, -0.25) is 4.79 Å². The van der Waals surface area contributed by atoms with Crippen LogP contribution in [-0.2, 0) is 4.79 Å². The molecule has 5 heteroatoms. The number of aryl methyl sites for hydroxylation is 1. The molecule has 0 aromatic heterocycles. The number of carbonyl (C=O) groups is 1. The molecule has 0 saturated heterocycles. The van der Waals surface area contributed by atoms with Crippen molar-refractivity contribution in [3.05, 3.63) is 59.1 Å². The highest BCUT2D eigenvalue weighted by molar-refractivity contribution is 7.99. The summed E-state index contributed by atoms with van der Waals surface area (Å²) < 4.78 is 5.61. The van der Waals surface area contributed by atoms with Crippen LogP contribution in [0.3, 0.4) is 0 Å². The Morgan fingerprint density at radius 3 is 2.54 bits per heavy atom. The van der Waals surface area contributed by atoms with E-state index in [4.69, 9.17) is 16.3 Å². The highest BCUT2D eigenvalue weighted by Crippen LogP contribution is 2.19. The predicted molar refractivity (Wildman–Crippen MR) is 101 cm³/mol. The molecule has 2 aromatic carbocycles. The quantitative estimate of drug-likeness (QED) is 0.517. The lowest BCUT2D eigenvalue weighted by molar-refractivity contribution is -0.121. The molecule has 0 spiro atoms. The fourth-order valence-electron chi connectivity index (χ4n) is 2.04. The standard InChI is InChI=1S/C19H22ClNO2S/c1-15-4-8-17(9-5-15)23-13-2-3-19(22)21-12-14-24-18-10-6-16(20)7-11-18/h4-11H,2-3,12-14H2,1H3,(H,21,22). The first kappa shape index (κ1) is 18.7. The highest BCUT2D eigenvalue weighted by atomic mass is 35.5. The van der Waals surface area contributed by atoms with Crippen molar-refractivity contribution in [1.82, 2.24) is 5.32 Å². The van der Waals surface area contributed by atoms with Gasteiger partial charge in [-0.1, -0.05) is 29.3 Å². The minimum absolute atomic E-state index is 0.0687. The Kier molecular flexibility index (Phi) is 7.99. The molecule has 2 aromatic rings. The molecule has 0 aliphatic carbocycles. The maximum absolute atomic E-state index is 11.8. The summed E-state index contributed by atoms with van der Waals surface area (Å²) in [7, 11) is 0. The fraction of sp³-hybridized carbons (Fsp3) is 0.316. The highest BCUT2D eigenvalue weighted by Gasteiger charge is 2.02. The second-order valence-corrected chi connectivity index (χ2v) is 7.02. The summed E-state index contributed by atoms with van der Waals surface area (Å²) in [6.45, 7) is 3.25. The number of nitrogens with one attached hydrogen (secondary N) is 1. The minimum Gasteiger partial charge on any atom is -0.494 e. The van der Waals surface area contributed by atoms with Crippen LogP contribution in [0.2, 0.25) is 5.02 Å². The molecule has 24 heavy (non-hydrogen) atoms. The number of rotatable bonds is 9. The third kappa shape index (κ3) is 7.28. The average Bonchev–Trinajstić information content (AvgIpc) is 2.59. The van der Waals surface area contributed by atoms with Crippen molar-refractivity contribution in [3.8, 4) is 5.75 Å². The van der Waals surface area contributed by atoms with Crippen molar-refractivity contribution in [1.29, 1.82) is 0 Å². The van der Waals surface area contributed by atoms with E-state index in [-0.39, 0.29) is 5.91 Å². The summed E-state index contributed by atoms with van der Waals surface area (Å²) in [5.41, 5.74) is 1.21. The van der Waals surface area contributed by atoms with Crippen molar-refractivity contribution in [3.63, 3.8) is 0 Å². The zero-order chi connectivity index (χ0) is 17.2. The molecule has 1 N–H and O–H groups in total. The molecule has 0 bridgehead atoms. The molecular weight excluding hydrogens is 342 g/mol. The van der Waals surface area contributed by atoms with E-state index < -0.39 is 0 Å². The molecule has 0 unspecified atom stereocenters.